The van der Waals surface area contributed by atoms with Gasteiger partial charge in [-0.3, -0.25) is 0 Å². The maximum Gasteiger partial charge on any atom is 0.129 e. The molecule has 2 N–H and O–H groups in total. The van der Waals surface area contributed by atoms with E-state index in [0.29, 0.717) is 12.6 Å². The second kappa shape index (κ2) is 5.67. The molecule has 0 amide bonds. The molecule has 0 atom stereocenters. The zero-order valence-electron chi connectivity index (χ0n) is 11.7. The van der Waals surface area contributed by atoms with Gasteiger partial charge in [-0.2, -0.15) is 0 Å². The van der Waals surface area contributed by atoms with Crippen molar-refractivity contribution >= 4 is 5.82 Å². The van der Waals surface area contributed by atoms with Crippen LogP contribution in [0.25, 0.3) is 0 Å². The number of anilines is 1. The summed E-state index contributed by atoms with van der Waals surface area (Å²) in [5, 5.41) is 0. The van der Waals surface area contributed by atoms with Crippen molar-refractivity contribution in [2.24, 2.45) is 5.73 Å². The Labute approximate surface area is 110 Å². The van der Waals surface area contributed by atoms with Gasteiger partial charge in [-0.05, 0) is 57.6 Å². The van der Waals surface area contributed by atoms with Crippen LogP contribution in [0, 0.1) is 6.92 Å². The van der Waals surface area contributed by atoms with Crippen molar-refractivity contribution in [3.63, 3.8) is 0 Å². The van der Waals surface area contributed by atoms with E-state index in [1.54, 1.807) is 0 Å². The zero-order chi connectivity index (χ0) is 13.1. The van der Waals surface area contributed by atoms with Crippen LogP contribution < -0.4 is 10.6 Å². The van der Waals surface area contributed by atoms with Crippen molar-refractivity contribution in [2.75, 3.05) is 32.1 Å². The van der Waals surface area contributed by atoms with Crippen LogP contribution >= 0.6 is 0 Å². The van der Waals surface area contributed by atoms with E-state index < -0.39 is 0 Å². The summed E-state index contributed by atoms with van der Waals surface area (Å²) in [7, 11) is 4.34. The second-order valence-corrected chi connectivity index (χ2v) is 5.32. The molecule has 0 aliphatic carbocycles. The van der Waals surface area contributed by atoms with Crippen LogP contribution in [0.4, 0.5) is 5.82 Å². The average molecular weight is 248 g/mol. The normalized spacial score (nSPS) is 18.0. The number of piperidine rings is 1. The first-order chi connectivity index (χ1) is 8.60. The molecule has 0 bridgehead atoms. The number of nitrogens with two attached hydrogens (primary N) is 1. The number of pyridine rings is 1. The third kappa shape index (κ3) is 3.00. The van der Waals surface area contributed by atoms with Crippen molar-refractivity contribution in [1.29, 1.82) is 0 Å². The van der Waals surface area contributed by atoms with E-state index in [9.17, 15) is 0 Å². The largest absolute Gasteiger partial charge is 0.357 e. The van der Waals surface area contributed by atoms with E-state index >= 15 is 0 Å². The number of likely N-dealkylation sites (tertiary alicyclic amines) is 1. The average Bonchev–Trinajstić information content (AvgIpc) is 2.38. The molecule has 1 aliphatic rings. The number of hydrogen-bond acceptors (Lipinski definition) is 4. The predicted molar refractivity (Wildman–Crippen MR) is 75.8 cm³/mol. The minimum atomic E-state index is 0.581. The summed E-state index contributed by atoms with van der Waals surface area (Å²) in [6.45, 7) is 4.96. The molecular formula is C14H24N4. The van der Waals surface area contributed by atoms with E-state index in [0.717, 1.165) is 17.1 Å². The quantitative estimate of drug-likeness (QED) is 0.878. The van der Waals surface area contributed by atoms with Crippen molar-refractivity contribution in [3.8, 4) is 0 Å². The minimum absolute atomic E-state index is 0.581. The van der Waals surface area contributed by atoms with Gasteiger partial charge in [0.15, 0.2) is 0 Å². The van der Waals surface area contributed by atoms with Crippen LogP contribution in [0.2, 0.25) is 0 Å². The Morgan fingerprint density at radius 3 is 2.67 bits per heavy atom. The Morgan fingerprint density at radius 1 is 1.39 bits per heavy atom. The van der Waals surface area contributed by atoms with Gasteiger partial charge in [0, 0.05) is 25.3 Å². The summed E-state index contributed by atoms with van der Waals surface area (Å²) in [5.41, 5.74) is 7.94. The van der Waals surface area contributed by atoms with Crippen LogP contribution in [0.15, 0.2) is 12.1 Å². The van der Waals surface area contributed by atoms with E-state index in [1.165, 1.54) is 25.9 Å². The highest BCUT2D eigenvalue weighted by Gasteiger charge is 2.21. The van der Waals surface area contributed by atoms with Gasteiger partial charge in [0.05, 0.1) is 0 Å². The molecule has 1 aromatic heterocycles. The van der Waals surface area contributed by atoms with E-state index in [-0.39, 0.29) is 0 Å². The van der Waals surface area contributed by atoms with Crippen LogP contribution in [-0.2, 0) is 6.54 Å². The van der Waals surface area contributed by atoms with Gasteiger partial charge in [-0.1, -0.05) is 0 Å². The third-order valence-corrected chi connectivity index (χ3v) is 3.83. The predicted octanol–water partition coefficient (Wildman–Crippen LogP) is 1.38. The Kier molecular flexibility index (Phi) is 4.19. The number of hydrogen-bond donors (Lipinski definition) is 1. The highest BCUT2D eigenvalue weighted by molar-refractivity contribution is 5.43. The first-order valence-corrected chi connectivity index (χ1v) is 6.69. The van der Waals surface area contributed by atoms with Gasteiger partial charge >= 0.3 is 0 Å². The lowest BCUT2D eigenvalue weighted by Crippen LogP contribution is -2.42. The Morgan fingerprint density at radius 2 is 2.06 bits per heavy atom. The van der Waals surface area contributed by atoms with Gasteiger partial charge in [-0.25, -0.2) is 4.98 Å². The summed E-state index contributed by atoms with van der Waals surface area (Å²) in [5.74, 6) is 1.06. The van der Waals surface area contributed by atoms with E-state index in [4.69, 9.17) is 5.73 Å². The monoisotopic (exact) mass is 248 g/mol. The van der Waals surface area contributed by atoms with Crippen LogP contribution in [0.3, 0.4) is 0 Å². The fraction of sp³-hybridized carbons (Fsp3) is 0.643. The minimum Gasteiger partial charge on any atom is -0.357 e. The topological polar surface area (TPSA) is 45.4 Å². The van der Waals surface area contributed by atoms with Crippen LogP contribution in [-0.4, -0.2) is 43.1 Å². The van der Waals surface area contributed by atoms with Crippen LogP contribution in [0.5, 0.6) is 0 Å². The molecular weight excluding hydrogens is 224 g/mol. The molecule has 1 saturated heterocycles. The zero-order valence-corrected chi connectivity index (χ0v) is 11.7. The molecule has 2 heterocycles. The molecule has 0 radical (unpaired) electrons. The lowest BCUT2D eigenvalue weighted by molar-refractivity contribution is 0.252. The number of aryl methyl sites for hydroxylation is 1. The van der Waals surface area contributed by atoms with Gasteiger partial charge in [0.2, 0.25) is 0 Å². The smallest absolute Gasteiger partial charge is 0.129 e. The molecule has 4 heteroatoms. The Balaban J connectivity index is 2.12. The molecule has 4 nitrogen and oxygen atoms in total. The maximum atomic E-state index is 5.73. The van der Waals surface area contributed by atoms with Gasteiger partial charge in [0.1, 0.15) is 5.82 Å². The van der Waals surface area contributed by atoms with Crippen molar-refractivity contribution in [2.45, 2.75) is 32.4 Å². The SMILES string of the molecule is Cc1cc(CN)cc(N(C)C2CCN(C)CC2)n1. The van der Waals surface area contributed by atoms with E-state index in [1.807, 2.05) is 6.92 Å². The van der Waals surface area contributed by atoms with Crippen LogP contribution in [0.1, 0.15) is 24.1 Å². The first-order valence-electron chi connectivity index (χ1n) is 6.69. The lowest BCUT2D eigenvalue weighted by atomic mass is 10.0. The highest BCUT2D eigenvalue weighted by atomic mass is 15.2. The summed E-state index contributed by atoms with van der Waals surface area (Å²) >= 11 is 0. The molecule has 0 aromatic carbocycles. The Hall–Kier alpha value is -1.13. The summed E-state index contributed by atoms with van der Waals surface area (Å²) in [6, 6.07) is 4.78. The van der Waals surface area contributed by atoms with Crippen molar-refractivity contribution in [3.05, 3.63) is 23.4 Å². The lowest BCUT2D eigenvalue weighted by Gasteiger charge is -2.36. The summed E-state index contributed by atoms with van der Waals surface area (Å²) in [4.78, 5) is 9.34. The van der Waals surface area contributed by atoms with Gasteiger partial charge in [0.25, 0.3) is 0 Å². The summed E-state index contributed by atoms with van der Waals surface area (Å²) in [6.07, 6.45) is 2.42. The molecule has 18 heavy (non-hydrogen) atoms. The number of aromatic nitrogens is 1. The fourth-order valence-electron chi connectivity index (χ4n) is 2.59. The molecule has 1 fully saturated rings. The maximum absolute atomic E-state index is 5.73. The third-order valence-electron chi connectivity index (χ3n) is 3.83. The molecule has 0 spiro atoms. The van der Waals surface area contributed by atoms with E-state index in [2.05, 4.69) is 41.0 Å². The standard InChI is InChI=1S/C14H24N4/c1-11-8-12(10-15)9-14(16-11)18(3)13-4-6-17(2)7-5-13/h8-9,13H,4-7,10,15H2,1-3H3. The second-order valence-electron chi connectivity index (χ2n) is 5.32. The molecule has 0 saturated carbocycles. The van der Waals surface area contributed by atoms with Gasteiger partial charge < -0.3 is 15.5 Å². The molecule has 0 unspecified atom stereocenters. The molecule has 1 aromatic rings. The Bertz CT molecular complexity index is 397. The highest BCUT2D eigenvalue weighted by Crippen LogP contribution is 2.21. The summed E-state index contributed by atoms with van der Waals surface area (Å²) < 4.78 is 0. The molecule has 100 valence electrons. The van der Waals surface area contributed by atoms with Crippen molar-refractivity contribution < 1.29 is 0 Å². The molecule has 2 rings (SSSR count). The number of nitrogens with zero attached hydrogens (tertiary/aromatic N) is 3. The van der Waals surface area contributed by atoms with Gasteiger partial charge in [-0.15, -0.1) is 0 Å². The number of rotatable bonds is 3. The fourth-order valence-corrected chi connectivity index (χ4v) is 2.59. The molecule has 1 aliphatic heterocycles. The first kappa shape index (κ1) is 13.3. The van der Waals surface area contributed by atoms with Crippen molar-refractivity contribution in [1.82, 2.24) is 9.88 Å².